The smallest absolute Gasteiger partial charge is 0.271 e. The van der Waals surface area contributed by atoms with Crippen LogP contribution in [0.3, 0.4) is 0 Å². The number of likely N-dealkylation sites (tertiary alicyclic amines) is 1. The van der Waals surface area contributed by atoms with Crippen molar-refractivity contribution in [1.82, 2.24) is 24.9 Å². The lowest BCUT2D eigenvalue weighted by molar-refractivity contribution is -0.134. The molecule has 3 aromatic rings. The summed E-state index contributed by atoms with van der Waals surface area (Å²) < 4.78 is 31.0. The summed E-state index contributed by atoms with van der Waals surface area (Å²) in [7, 11) is 3.78. The zero-order chi connectivity index (χ0) is 32.5. The summed E-state index contributed by atoms with van der Waals surface area (Å²) in [5.74, 6) is -2.78. The van der Waals surface area contributed by atoms with Crippen molar-refractivity contribution in [2.24, 2.45) is 7.05 Å². The number of imide groups is 1. The minimum atomic E-state index is -0.807. The fourth-order valence-electron chi connectivity index (χ4n) is 7.04. The van der Waals surface area contributed by atoms with Gasteiger partial charge in [-0.3, -0.25) is 24.6 Å². The number of halogens is 2. The number of likely N-dealkylation sites (N-methyl/N-ethyl adjacent to an activating group) is 1. The number of hydrogen-bond donors (Lipinski definition) is 2. The zero-order valence-electron chi connectivity index (χ0n) is 26.6. The van der Waals surface area contributed by atoms with Gasteiger partial charge in [-0.25, -0.2) is 13.5 Å². The summed E-state index contributed by atoms with van der Waals surface area (Å²) in [6, 6.07) is 11.3. The van der Waals surface area contributed by atoms with Crippen LogP contribution >= 0.6 is 0 Å². The molecule has 6 rings (SSSR count). The Balaban J connectivity index is 1.05. The van der Waals surface area contributed by atoms with E-state index in [0.29, 0.717) is 37.7 Å². The SMILES string of the molecule is Cc1c(N[C@H]2C[C@@H](c3ccc(CN4CCN(c5cc(C6CCC(=O)NC6=O)c(F)cc5F)CC4)cc3)CN(C)C2)cnn(C)c1=O. The van der Waals surface area contributed by atoms with Crippen molar-refractivity contribution in [2.45, 2.75) is 50.6 Å². The number of hydrogen-bond acceptors (Lipinski definition) is 8. The predicted octanol–water partition coefficient (Wildman–Crippen LogP) is 3.11. The number of carbonyl (C=O) groups is 2. The molecule has 0 spiro atoms. The molecule has 244 valence electrons. The van der Waals surface area contributed by atoms with Gasteiger partial charge < -0.3 is 15.1 Å². The van der Waals surface area contributed by atoms with Crippen molar-refractivity contribution < 1.29 is 18.4 Å². The first-order chi connectivity index (χ1) is 22.0. The minimum absolute atomic E-state index is 0.0933. The molecular weight excluding hydrogens is 592 g/mol. The van der Waals surface area contributed by atoms with Crippen LogP contribution in [0.15, 0.2) is 47.4 Å². The predicted molar refractivity (Wildman–Crippen MR) is 172 cm³/mol. The molecule has 0 aliphatic carbocycles. The Bertz CT molecular complexity index is 1670. The first-order valence-electron chi connectivity index (χ1n) is 15.9. The Morgan fingerprint density at radius 3 is 2.43 bits per heavy atom. The van der Waals surface area contributed by atoms with Crippen LogP contribution in [0.2, 0.25) is 0 Å². The van der Waals surface area contributed by atoms with Gasteiger partial charge >= 0.3 is 0 Å². The number of benzene rings is 2. The van der Waals surface area contributed by atoms with E-state index in [1.807, 2.05) is 11.8 Å². The molecule has 3 aliphatic rings. The molecule has 0 bridgehead atoms. The topological polar surface area (TPSA) is 103 Å². The molecule has 2 aromatic carbocycles. The summed E-state index contributed by atoms with van der Waals surface area (Å²) in [4.78, 5) is 42.8. The van der Waals surface area contributed by atoms with Crippen LogP contribution in [-0.4, -0.2) is 83.8 Å². The van der Waals surface area contributed by atoms with E-state index in [1.54, 1.807) is 13.2 Å². The molecule has 3 saturated heterocycles. The normalized spacial score (nSPS) is 23.0. The van der Waals surface area contributed by atoms with E-state index in [4.69, 9.17) is 0 Å². The fourth-order valence-corrected chi connectivity index (χ4v) is 7.04. The molecule has 1 aromatic heterocycles. The maximum Gasteiger partial charge on any atom is 0.271 e. The third-order valence-electron chi connectivity index (χ3n) is 9.62. The highest BCUT2D eigenvalue weighted by Crippen LogP contribution is 2.33. The molecular formula is C34H41F2N7O3. The number of anilines is 2. The van der Waals surface area contributed by atoms with Crippen LogP contribution in [-0.2, 0) is 23.2 Å². The summed E-state index contributed by atoms with van der Waals surface area (Å²) in [6.45, 7) is 7.00. The van der Waals surface area contributed by atoms with Gasteiger partial charge in [-0.2, -0.15) is 5.10 Å². The number of nitrogens with zero attached hydrogens (tertiary/aromatic N) is 5. The van der Waals surface area contributed by atoms with Crippen LogP contribution in [0, 0.1) is 18.6 Å². The average Bonchev–Trinajstić information content (AvgIpc) is 3.02. The van der Waals surface area contributed by atoms with Crippen molar-refractivity contribution in [2.75, 3.05) is 56.5 Å². The lowest BCUT2D eigenvalue weighted by Gasteiger charge is -2.37. The molecule has 12 heteroatoms. The third kappa shape index (κ3) is 6.82. The molecule has 46 heavy (non-hydrogen) atoms. The molecule has 3 atom stereocenters. The van der Waals surface area contributed by atoms with E-state index in [2.05, 4.69) is 56.8 Å². The van der Waals surface area contributed by atoms with Gasteiger partial charge in [0.15, 0.2) is 0 Å². The van der Waals surface area contributed by atoms with E-state index in [9.17, 15) is 23.2 Å². The van der Waals surface area contributed by atoms with Crippen molar-refractivity contribution in [1.29, 1.82) is 0 Å². The first kappa shape index (κ1) is 31.8. The Morgan fingerprint density at radius 1 is 0.978 bits per heavy atom. The van der Waals surface area contributed by atoms with Gasteiger partial charge in [0.05, 0.1) is 23.5 Å². The first-order valence-corrected chi connectivity index (χ1v) is 15.9. The lowest BCUT2D eigenvalue weighted by atomic mass is 9.87. The number of rotatable bonds is 7. The monoisotopic (exact) mass is 633 g/mol. The highest BCUT2D eigenvalue weighted by atomic mass is 19.1. The highest BCUT2D eigenvalue weighted by molar-refractivity contribution is 6.01. The number of piperazine rings is 1. The molecule has 0 radical (unpaired) electrons. The van der Waals surface area contributed by atoms with Crippen LogP contribution in [0.4, 0.5) is 20.2 Å². The zero-order valence-corrected chi connectivity index (χ0v) is 26.6. The number of amides is 2. The van der Waals surface area contributed by atoms with Crippen LogP contribution in [0.25, 0.3) is 0 Å². The van der Waals surface area contributed by atoms with Crippen LogP contribution < -0.4 is 21.1 Å². The third-order valence-corrected chi connectivity index (χ3v) is 9.62. The molecule has 3 aliphatic heterocycles. The molecule has 10 nitrogen and oxygen atoms in total. The average molecular weight is 634 g/mol. The number of aryl methyl sites for hydroxylation is 1. The van der Waals surface area contributed by atoms with E-state index in [-0.39, 0.29) is 41.6 Å². The van der Waals surface area contributed by atoms with E-state index in [0.717, 1.165) is 37.8 Å². The Labute approximate surface area is 267 Å². The lowest BCUT2D eigenvalue weighted by Crippen LogP contribution is -2.46. The van der Waals surface area contributed by atoms with E-state index >= 15 is 0 Å². The van der Waals surface area contributed by atoms with Gasteiger partial charge in [0, 0.05) is 82.5 Å². The number of piperidine rings is 2. The highest BCUT2D eigenvalue weighted by Gasteiger charge is 2.32. The van der Waals surface area contributed by atoms with Crippen molar-refractivity contribution in [3.8, 4) is 0 Å². The van der Waals surface area contributed by atoms with Gasteiger partial charge in [0.2, 0.25) is 11.8 Å². The van der Waals surface area contributed by atoms with Crippen molar-refractivity contribution in [3.05, 3.63) is 86.8 Å². The second kappa shape index (κ2) is 13.3. The molecule has 2 amide bonds. The molecule has 0 saturated carbocycles. The van der Waals surface area contributed by atoms with Crippen LogP contribution in [0.5, 0.6) is 0 Å². The van der Waals surface area contributed by atoms with Gasteiger partial charge in [-0.15, -0.1) is 0 Å². The molecule has 3 fully saturated rings. The Kier molecular flexibility index (Phi) is 9.19. The summed E-state index contributed by atoms with van der Waals surface area (Å²) in [5.41, 5.74) is 4.27. The summed E-state index contributed by atoms with van der Waals surface area (Å²) >= 11 is 0. The molecule has 1 unspecified atom stereocenters. The molecule has 4 heterocycles. The standard InChI is InChI=1S/C34H41F2N7O3/c1-21-30(17-37-41(3)34(21)46)38-25-14-24(19-40(2)20-25)23-6-4-22(5-7-23)18-42-10-12-43(13-11-42)31-15-27(28(35)16-29(31)36)26-8-9-32(44)39-33(26)45/h4-7,15-17,24-26,38H,8-14,18-20H2,1-3H3,(H,39,44,45)/t24-,25+,26?/m1/s1. The van der Waals surface area contributed by atoms with E-state index in [1.165, 1.54) is 21.9 Å². The number of nitrogens with one attached hydrogen (secondary N) is 2. The minimum Gasteiger partial charge on any atom is -0.379 e. The van der Waals surface area contributed by atoms with Gasteiger partial charge in [0.25, 0.3) is 5.56 Å². The quantitative estimate of drug-likeness (QED) is 0.383. The van der Waals surface area contributed by atoms with Crippen molar-refractivity contribution >= 4 is 23.2 Å². The summed E-state index contributed by atoms with van der Waals surface area (Å²) in [6.07, 6.45) is 3.02. The van der Waals surface area contributed by atoms with Gasteiger partial charge in [-0.05, 0) is 49.9 Å². The summed E-state index contributed by atoms with van der Waals surface area (Å²) in [5, 5.41) is 10.00. The van der Waals surface area contributed by atoms with E-state index < -0.39 is 23.5 Å². The largest absolute Gasteiger partial charge is 0.379 e. The van der Waals surface area contributed by atoms with Gasteiger partial charge in [0.1, 0.15) is 11.6 Å². The Hall–Kier alpha value is -4.16. The van der Waals surface area contributed by atoms with Gasteiger partial charge in [-0.1, -0.05) is 24.3 Å². The maximum atomic E-state index is 14.9. The Morgan fingerprint density at radius 2 is 1.72 bits per heavy atom. The van der Waals surface area contributed by atoms with Crippen molar-refractivity contribution in [3.63, 3.8) is 0 Å². The second-order valence-corrected chi connectivity index (χ2v) is 12.9. The number of carbonyl (C=O) groups excluding carboxylic acids is 2. The number of aromatic nitrogens is 2. The fraction of sp³-hybridized carbons (Fsp3) is 0.471. The van der Waals surface area contributed by atoms with Crippen LogP contribution in [0.1, 0.15) is 53.4 Å². The molecule has 2 N–H and O–H groups in total. The maximum absolute atomic E-state index is 14.9. The second-order valence-electron chi connectivity index (χ2n) is 12.9.